The SMILES string of the molecule is Cc1ccc(C(=O)O)cc1NC(=O)C(C)Sc1c(=O)o[nH][n+]1C. The van der Waals surface area contributed by atoms with Gasteiger partial charge in [-0.15, -0.1) is 0 Å². The van der Waals surface area contributed by atoms with E-state index in [4.69, 9.17) is 5.11 Å². The van der Waals surface area contributed by atoms with Crippen LogP contribution in [-0.2, 0) is 11.8 Å². The highest BCUT2D eigenvalue weighted by Gasteiger charge is 2.25. The average Bonchev–Trinajstić information content (AvgIpc) is 2.80. The van der Waals surface area contributed by atoms with Crippen molar-refractivity contribution in [2.24, 2.45) is 7.05 Å². The molecule has 3 N–H and O–H groups in total. The van der Waals surface area contributed by atoms with Gasteiger partial charge in [-0.1, -0.05) is 10.7 Å². The number of carboxylic acid groups (broad SMARTS) is 1. The van der Waals surface area contributed by atoms with E-state index in [1.54, 1.807) is 27.0 Å². The lowest BCUT2D eigenvalue weighted by Crippen LogP contribution is -2.35. The van der Waals surface area contributed by atoms with Gasteiger partial charge < -0.3 is 10.4 Å². The third-order valence-electron chi connectivity index (χ3n) is 3.15. The van der Waals surface area contributed by atoms with E-state index in [1.807, 2.05) is 0 Å². The third kappa shape index (κ3) is 3.81. The highest BCUT2D eigenvalue weighted by atomic mass is 32.2. The molecule has 0 fully saturated rings. The fourth-order valence-electron chi connectivity index (χ4n) is 1.80. The number of amides is 1. The molecular formula is C14H16N3O5S+. The Morgan fingerprint density at radius 2 is 2.13 bits per heavy atom. The van der Waals surface area contributed by atoms with Crippen LogP contribution in [-0.4, -0.2) is 27.5 Å². The number of benzene rings is 1. The number of aryl methyl sites for hydroxylation is 2. The topological polar surface area (TPSA) is 116 Å². The molecule has 0 saturated carbocycles. The van der Waals surface area contributed by atoms with Crippen LogP contribution in [0.5, 0.6) is 0 Å². The number of aromatic amines is 1. The van der Waals surface area contributed by atoms with Crippen LogP contribution < -0.4 is 15.6 Å². The van der Waals surface area contributed by atoms with Crippen molar-refractivity contribution in [1.29, 1.82) is 0 Å². The fourth-order valence-corrected chi connectivity index (χ4v) is 2.64. The normalized spacial score (nSPS) is 12.0. The second kappa shape index (κ2) is 6.69. The molecule has 23 heavy (non-hydrogen) atoms. The summed E-state index contributed by atoms with van der Waals surface area (Å²) in [6.07, 6.45) is 0. The molecule has 0 spiro atoms. The smallest absolute Gasteiger partial charge is 0.441 e. The van der Waals surface area contributed by atoms with E-state index >= 15 is 0 Å². The summed E-state index contributed by atoms with van der Waals surface area (Å²) in [5, 5.41) is 13.8. The summed E-state index contributed by atoms with van der Waals surface area (Å²) in [6.45, 7) is 3.41. The van der Waals surface area contributed by atoms with Crippen LogP contribution in [0.2, 0.25) is 0 Å². The second-order valence-electron chi connectivity index (χ2n) is 4.93. The van der Waals surface area contributed by atoms with Crippen LogP contribution in [0.4, 0.5) is 5.69 Å². The quantitative estimate of drug-likeness (QED) is 0.551. The number of carboxylic acids is 1. The molecule has 1 aromatic heterocycles. The number of hydrogen-bond donors (Lipinski definition) is 3. The maximum atomic E-state index is 12.3. The molecule has 1 atom stereocenters. The monoisotopic (exact) mass is 338 g/mol. The van der Waals surface area contributed by atoms with Crippen molar-refractivity contribution in [2.45, 2.75) is 24.1 Å². The zero-order valence-corrected chi connectivity index (χ0v) is 13.6. The first kappa shape index (κ1) is 16.8. The lowest BCUT2D eigenvalue weighted by atomic mass is 10.1. The summed E-state index contributed by atoms with van der Waals surface area (Å²) in [6, 6.07) is 4.49. The molecular weight excluding hydrogens is 322 g/mol. The van der Waals surface area contributed by atoms with Crippen molar-refractivity contribution >= 4 is 29.3 Å². The second-order valence-corrected chi connectivity index (χ2v) is 6.26. The van der Waals surface area contributed by atoms with Gasteiger partial charge in [-0.05, 0) is 48.6 Å². The van der Waals surface area contributed by atoms with Gasteiger partial charge in [0.25, 0.3) is 0 Å². The predicted molar refractivity (Wildman–Crippen MR) is 82.6 cm³/mol. The average molecular weight is 338 g/mol. The minimum absolute atomic E-state index is 0.0869. The Morgan fingerprint density at radius 3 is 2.70 bits per heavy atom. The van der Waals surface area contributed by atoms with Gasteiger partial charge in [0.1, 0.15) is 0 Å². The molecule has 0 radical (unpaired) electrons. The number of carbonyl (C=O) groups excluding carboxylic acids is 1. The summed E-state index contributed by atoms with van der Waals surface area (Å²) >= 11 is 1.04. The summed E-state index contributed by atoms with van der Waals surface area (Å²) < 4.78 is 6.00. The molecule has 0 saturated heterocycles. The molecule has 8 nitrogen and oxygen atoms in total. The summed E-state index contributed by atoms with van der Waals surface area (Å²) in [5.74, 6) is -1.42. The van der Waals surface area contributed by atoms with Crippen LogP contribution in [0.1, 0.15) is 22.8 Å². The Hall–Kier alpha value is -2.55. The third-order valence-corrected chi connectivity index (χ3v) is 4.39. The first-order chi connectivity index (χ1) is 10.8. The van der Waals surface area contributed by atoms with E-state index < -0.39 is 16.8 Å². The van der Waals surface area contributed by atoms with Gasteiger partial charge in [0, 0.05) is 5.69 Å². The van der Waals surface area contributed by atoms with Crippen molar-refractivity contribution in [3.05, 3.63) is 39.7 Å². The van der Waals surface area contributed by atoms with E-state index in [-0.39, 0.29) is 16.5 Å². The summed E-state index contributed by atoms with van der Waals surface area (Å²) in [4.78, 5) is 34.8. The number of nitrogens with one attached hydrogen (secondary N) is 2. The number of aromatic carboxylic acids is 1. The molecule has 1 unspecified atom stereocenters. The van der Waals surface area contributed by atoms with Gasteiger partial charge in [-0.25, -0.2) is 9.59 Å². The van der Waals surface area contributed by atoms with Gasteiger partial charge in [-0.2, -0.15) is 0 Å². The number of H-pyrrole nitrogens is 1. The number of anilines is 1. The van der Waals surface area contributed by atoms with E-state index in [9.17, 15) is 14.4 Å². The van der Waals surface area contributed by atoms with Crippen molar-refractivity contribution in [3.8, 4) is 0 Å². The Bertz CT molecular complexity index is 811. The molecule has 0 bridgehead atoms. The number of rotatable bonds is 5. The lowest BCUT2D eigenvalue weighted by molar-refractivity contribution is -0.772. The molecule has 2 rings (SSSR count). The molecule has 0 aliphatic heterocycles. The lowest BCUT2D eigenvalue weighted by Gasteiger charge is -2.12. The number of aromatic nitrogens is 2. The highest BCUT2D eigenvalue weighted by molar-refractivity contribution is 8.00. The van der Waals surface area contributed by atoms with Crippen LogP contribution in [0, 0.1) is 6.92 Å². The largest absolute Gasteiger partial charge is 0.478 e. The molecule has 0 aliphatic carbocycles. The van der Waals surface area contributed by atoms with E-state index in [2.05, 4.69) is 15.1 Å². The van der Waals surface area contributed by atoms with Crippen molar-refractivity contribution in [2.75, 3.05) is 5.32 Å². The zero-order chi connectivity index (χ0) is 17.1. The minimum Gasteiger partial charge on any atom is -0.478 e. The van der Waals surface area contributed by atoms with E-state index in [1.165, 1.54) is 16.8 Å². The molecule has 2 aromatic rings. The predicted octanol–water partition coefficient (Wildman–Crippen LogP) is 0.918. The fraction of sp³-hybridized carbons (Fsp3) is 0.286. The zero-order valence-electron chi connectivity index (χ0n) is 12.7. The number of nitrogens with zero attached hydrogens (tertiary/aromatic N) is 1. The first-order valence-corrected chi connectivity index (χ1v) is 7.56. The van der Waals surface area contributed by atoms with Crippen molar-refractivity contribution < 1.29 is 23.9 Å². The number of thioether (sulfide) groups is 1. The van der Waals surface area contributed by atoms with E-state index in [0.29, 0.717) is 5.69 Å². The molecule has 0 aliphatic rings. The minimum atomic E-state index is -1.07. The summed E-state index contributed by atoms with van der Waals surface area (Å²) in [5.41, 5.74) is 0.699. The Labute approximate surface area is 135 Å². The molecule has 122 valence electrons. The van der Waals surface area contributed by atoms with Gasteiger partial charge in [0.15, 0.2) is 7.05 Å². The van der Waals surface area contributed by atoms with Gasteiger partial charge >= 0.3 is 16.6 Å². The molecule has 9 heteroatoms. The van der Waals surface area contributed by atoms with Crippen LogP contribution >= 0.6 is 11.8 Å². The van der Waals surface area contributed by atoms with Crippen molar-refractivity contribution in [3.63, 3.8) is 0 Å². The number of hydrogen-bond acceptors (Lipinski definition) is 5. The highest BCUT2D eigenvalue weighted by Crippen LogP contribution is 2.21. The maximum absolute atomic E-state index is 12.3. The van der Waals surface area contributed by atoms with Gasteiger partial charge in [0.05, 0.1) is 10.8 Å². The van der Waals surface area contributed by atoms with Crippen molar-refractivity contribution in [1.82, 2.24) is 5.27 Å². The first-order valence-electron chi connectivity index (χ1n) is 6.68. The van der Waals surface area contributed by atoms with Gasteiger partial charge in [0.2, 0.25) is 5.91 Å². The van der Waals surface area contributed by atoms with Crippen LogP contribution in [0.3, 0.4) is 0 Å². The maximum Gasteiger partial charge on any atom is 0.441 e. The van der Waals surface area contributed by atoms with Gasteiger partial charge in [-0.3, -0.25) is 9.32 Å². The van der Waals surface area contributed by atoms with Crippen LogP contribution in [0.25, 0.3) is 0 Å². The molecule has 1 amide bonds. The Morgan fingerprint density at radius 1 is 1.43 bits per heavy atom. The standard InChI is InChI=1S/C14H15N3O5S/c1-7-4-5-9(13(19)20)6-10(7)15-11(18)8(2)23-12-14(21)22-16-17(12)3/h4-6,8H,1-3H3,(H2-,15,16,18,19,20,21)/p+1. The van der Waals surface area contributed by atoms with Crippen LogP contribution in [0.15, 0.2) is 32.5 Å². The Kier molecular flexibility index (Phi) is 4.89. The molecule has 1 heterocycles. The number of carbonyl (C=O) groups is 2. The Balaban J connectivity index is 2.14. The molecule has 1 aromatic carbocycles. The summed E-state index contributed by atoms with van der Waals surface area (Å²) in [7, 11) is 1.60. The van der Waals surface area contributed by atoms with E-state index in [0.717, 1.165) is 17.3 Å².